The van der Waals surface area contributed by atoms with Crippen LogP contribution in [0, 0.1) is 11.8 Å². The zero-order chi connectivity index (χ0) is 12.1. The van der Waals surface area contributed by atoms with Gasteiger partial charge in [-0.25, -0.2) is 0 Å². The van der Waals surface area contributed by atoms with Crippen LogP contribution in [0.3, 0.4) is 0 Å². The first kappa shape index (κ1) is 12.7. The van der Waals surface area contributed by atoms with Gasteiger partial charge in [0.2, 0.25) is 5.91 Å². The summed E-state index contributed by atoms with van der Waals surface area (Å²) in [5, 5.41) is 11.6. The monoisotopic (exact) mass is 225 g/mol. The summed E-state index contributed by atoms with van der Waals surface area (Å²) >= 11 is 0. The lowest BCUT2D eigenvalue weighted by Gasteiger charge is -2.09. The topological polar surface area (TPSA) is 66.4 Å². The number of carboxylic acids is 1. The SMILES string of the molecule is CC(C)=CCNC(=O)[C@@H]1CC[C@H](C(=O)O)C1. The molecule has 0 saturated heterocycles. The molecule has 0 spiro atoms. The summed E-state index contributed by atoms with van der Waals surface area (Å²) < 4.78 is 0. The van der Waals surface area contributed by atoms with Crippen LogP contribution in [-0.2, 0) is 9.59 Å². The van der Waals surface area contributed by atoms with Crippen molar-refractivity contribution in [2.75, 3.05) is 6.54 Å². The van der Waals surface area contributed by atoms with Crippen LogP contribution in [0.25, 0.3) is 0 Å². The average molecular weight is 225 g/mol. The van der Waals surface area contributed by atoms with Crippen molar-refractivity contribution in [3.8, 4) is 0 Å². The minimum atomic E-state index is -0.778. The normalized spacial score (nSPS) is 23.9. The van der Waals surface area contributed by atoms with Gasteiger partial charge in [0.15, 0.2) is 0 Å². The first-order valence-corrected chi connectivity index (χ1v) is 5.64. The van der Waals surface area contributed by atoms with Crippen molar-refractivity contribution in [3.63, 3.8) is 0 Å². The Kier molecular flexibility index (Phi) is 4.52. The molecule has 0 bridgehead atoms. The summed E-state index contributed by atoms with van der Waals surface area (Å²) in [5.74, 6) is -1.24. The Balaban J connectivity index is 2.34. The molecule has 2 N–H and O–H groups in total. The molecule has 1 aliphatic carbocycles. The van der Waals surface area contributed by atoms with E-state index in [0.717, 1.165) is 5.57 Å². The third-order valence-corrected chi connectivity index (χ3v) is 2.94. The van der Waals surface area contributed by atoms with E-state index in [4.69, 9.17) is 5.11 Å². The zero-order valence-electron chi connectivity index (χ0n) is 9.82. The highest BCUT2D eigenvalue weighted by Crippen LogP contribution is 2.30. The smallest absolute Gasteiger partial charge is 0.306 e. The molecule has 2 atom stereocenters. The Hall–Kier alpha value is -1.32. The van der Waals surface area contributed by atoms with Gasteiger partial charge < -0.3 is 10.4 Å². The van der Waals surface area contributed by atoms with Gasteiger partial charge in [0, 0.05) is 12.5 Å². The van der Waals surface area contributed by atoms with Crippen LogP contribution in [0.1, 0.15) is 33.1 Å². The summed E-state index contributed by atoms with van der Waals surface area (Å²) in [5.41, 5.74) is 1.16. The van der Waals surface area contributed by atoms with Crippen molar-refractivity contribution in [2.24, 2.45) is 11.8 Å². The minimum Gasteiger partial charge on any atom is -0.481 e. The molecule has 0 radical (unpaired) electrons. The maximum atomic E-state index is 11.7. The van der Waals surface area contributed by atoms with Crippen molar-refractivity contribution in [2.45, 2.75) is 33.1 Å². The molecular weight excluding hydrogens is 206 g/mol. The Morgan fingerprint density at radius 1 is 1.31 bits per heavy atom. The second-order valence-electron chi connectivity index (χ2n) is 4.57. The summed E-state index contributed by atoms with van der Waals surface area (Å²) in [6.45, 7) is 4.49. The van der Waals surface area contributed by atoms with Crippen molar-refractivity contribution in [1.29, 1.82) is 0 Å². The molecule has 1 aliphatic rings. The van der Waals surface area contributed by atoms with E-state index in [9.17, 15) is 9.59 Å². The first-order valence-electron chi connectivity index (χ1n) is 5.64. The summed E-state index contributed by atoms with van der Waals surface area (Å²) in [6, 6.07) is 0. The van der Waals surface area contributed by atoms with Gasteiger partial charge in [-0.2, -0.15) is 0 Å². The van der Waals surface area contributed by atoms with E-state index >= 15 is 0 Å². The van der Waals surface area contributed by atoms with E-state index in [1.54, 1.807) is 0 Å². The van der Waals surface area contributed by atoms with E-state index in [1.165, 1.54) is 0 Å². The molecule has 0 aromatic rings. The van der Waals surface area contributed by atoms with Gasteiger partial charge in [-0.1, -0.05) is 11.6 Å². The Morgan fingerprint density at radius 3 is 2.44 bits per heavy atom. The highest BCUT2D eigenvalue weighted by Gasteiger charge is 2.33. The number of rotatable bonds is 4. The highest BCUT2D eigenvalue weighted by atomic mass is 16.4. The summed E-state index contributed by atoms with van der Waals surface area (Å²) in [4.78, 5) is 22.4. The Bertz CT molecular complexity index is 305. The molecule has 4 heteroatoms. The largest absolute Gasteiger partial charge is 0.481 e. The molecule has 1 amide bonds. The van der Waals surface area contributed by atoms with Gasteiger partial charge in [-0.3, -0.25) is 9.59 Å². The van der Waals surface area contributed by atoms with Crippen LogP contribution < -0.4 is 5.32 Å². The quantitative estimate of drug-likeness (QED) is 0.714. The fraction of sp³-hybridized carbons (Fsp3) is 0.667. The van der Waals surface area contributed by atoms with Gasteiger partial charge in [-0.15, -0.1) is 0 Å². The van der Waals surface area contributed by atoms with E-state index in [-0.39, 0.29) is 17.7 Å². The number of amides is 1. The number of hydrogen-bond acceptors (Lipinski definition) is 2. The van der Waals surface area contributed by atoms with E-state index < -0.39 is 5.97 Å². The van der Waals surface area contributed by atoms with Gasteiger partial charge in [0.1, 0.15) is 0 Å². The number of nitrogens with one attached hydrogen (secondary N) is 1. The zero-order valence-corrected chi connectivity index (χ0v) is 9.82. The van der Waals surface area contributed by atoms with Crippen LogP contribution in [-0.4, -0.2) is 23.5 Å². The first-order chi connectivity index (χ1) is 7.50. The lowest BCUT2D eigenvalue weighted by Crippen LogP contribution is -2.30. The van der Waals surface area contributed by atoms with Gasteiger partial charge >= 0.3 is 5.97 Å². The van der Waals surface area contributed by atoms with E-state index in [0.29, 0.717) is 25.8 Å². The molecule has 1 saturated carbocycles. The molecule has 1 fully saturated rings. The van der Waals surface area contributed by atoms with Gasteiger partial charge in [0.05, 0.1) is 5.92 Å². The van der Waals surface area contributed by atoms with Crippen LogP contribution >= 0.6 is 0 Å². The fourth-order valence-corrected chi connectivity index (χ4v) is 1.94. The molecule has 0 aromatic heterocycles. The molecule has 16 heavy (non-hydrogen) atoms. The van der Waals surface area contributed by atoms with Crippen molar-refractivity contribution >= 4 is 11.9 Å². The molecule has 0 heterocycles. The maximum absolute atomic E-state index is 11.7. The lowest BCUT2D eigenvalue weighted by atomic mass is 10.0. The fourth-order valence-electron chi connectivity index (χ4n) is 1.94. The van der Waals surface area contributed by atoms with E-state index in [2.05, 4.69) is 5.32 Å². The molecular formula is C12H19NO3. The molecule has 4 nitrogen and oxygen atoms in total. The summed E-state index contributed by atoms with van der Waals surface area (Å²) in [7, 11) is 0. The van der Waals surface area contributed by atoms with Crippen molar-refractivity contribution < 1.29 is 14.7 Å². The van der Waals surface area contributed by atoms with Crippen molar-refractivity contribution in [1.82, 2.24) is 5.32 Å². The van der Waals surface area contributed by atoms with Crippen LogP contribution in [0.5, 0.6) is 0 Å². The number of hydrogen-bond donors (Lipinski definition) is 2. The highest BCUT2D eigenvalue weighted by molar-refractivity contribution is 5.80. The number of aliphatic carboxylic acids is 1. The second kappa shape index (κ2) is 5.68. The number of carboxylic acid groups (broad SMARTS) is 1. The average Bonchev–Trinajstić information content (AvgIpc) is 2.65. The van der Waals surface area contributed by atoms with Crippen LogP contribution in [0.15, 0.2) is 11.6 Å². The predicted molar refractivity (Wildman–Crippen MR) is 60.9 cm³/mol. The van der Waals surface area contributed by atoms with E-state index in [1.807, 2.05) is 19.9 Å². The Morgan fingerprint density at radius 2 is 1.94 bits per heavy atom. The van der Waals surface area contributed by atoms with Crippen LogP contribution in [0.4, 0.5) is 0 Å². The lowest BCUT2D eigenvalue weighted by molar-refractivity contribution is -0.141. The molecule has 90 valence electrons. The molecule has 0 unspecified atom stereocenters. The number of carbonyl (C=O) groups is 2. The molecule has 0 aromatic carbocycles. The van der Waals surface area contributed by atoms with Crippen molar-refractivity contribution in [3.05, 3.63) is 11.6 Å². The van der Waals surface area contributed by atoms with Gasteiger partial charge in [-0.05, 0) is 33.1 Å². The Labute approximate surface area is 95.7 Å². The second-order valence-corrected chi connectivity index (χ2v) is 4.57. The third-order valence-electron chi connectivity index (χ3n) is 2.94. The third kappa shape index (κ3) is 3.68. The standard InChI is InChI=1S/C12H19NO3/c1-8(2)5-6-13-11(14)9-3-4-10(7-9)12(15)16/h5,9-10H,3-4,6-7H2,1-2H3,(H,13,14)(H,15,16)/t9-,10+/m1/s1. The predicted octanol–water partition coefficient (Wildman–Crippen LogP) is 1.57. The minimum absolute atomic E-state index is 0.0127. The number of carbonyl (C=O) groups excluding carboxylic acids is 1. The van der Waals surface area contributed by atoms with Crippen LogP contribution in [0.2, 0.25) is 0 Å². The van der Waals surface area contributed by atoms with Gasteiger partial charge in [0.25, 0.3) is 0 Å². The molecule has 1 rings (SSSR count). The maximum Gasteiger partial charge on any atom is 0.306 e. The number of allylic oxidation sites excluding steroid dienone is 1. The molecule has 0 aliphatic heterocycles. The summed E-state index contributed by atoms with van der Waals surface area (Å²) in [6.07, 6.45) is 3.74.